The van der Waals surface area contributed by atoms with E-state index < -0.39 is 10.0 Å². The molecule has 7 heteroatoms. The van der Waals surface area contributed by atoms with E-state index >= 15 is 0 Å². The molecule has 21 heavy (non-hydrogen) atoms. The van der Waals surface area contributed by atoms with Crippen molar-refractivity contribution in [2.24, 2.45) is 0 Å². The van der Waals surface area contributed by atoms with Crippen molar-refractivity contribution in [3.63, 3.8) is 0 Å². The number of hydrogen-bond acceptors (Lipinski definition) is 5. The Balaban J connectivity index is 2.53. The molecule has 1 unspecified atom stereocenters. The average Bonchev–Trinajstić information content (AvgIpc) is 2.90. The maximum atomic E-state index is 12.3. The summed E-state index contributed by atoms with van der Waals surface area (Å²) in [6.45, 7) is 8.01. The molecule has 0 aliphatic carbocycles. The van der Waals surface area contributed by atoms with Crippen LogP contribution in [0.2, 0.25) is 0 Å². The molecule has 1 atom stereocenters. The normalized spacial score (nSPS) is 13.5. The zero-order chi connectivity index (χ0) is 15.7. The zero-order valence-corrected chi connectivity index (χ0v) is 15.5. The van der Waals surface area contributed by atoms with Gasteiger partial charge in [-0.25, -0.2) is 13.1 Å². The van der Waals surface area contributed by atoms with Gasteiger partial charge in [0.15, 0.2) is 0 Å². The van der Waals surface area contributed by atoms with Crippen LogP contribution in [0, 0.1) is 0 Å². The molecule has 1 rings (SSSR count). The van der Waals surface area contributed by atoms with E-state index in [2.05, 4.69) is 23.9 Å². The summed E-state index contributed by atoms with van der Waals surface area (Å²) in [5.74, 6) is 1.80. The molecule has 1 heterocycles. The average molecular weight is 351 g/mol. The highest BCUT2D eigenvalue weighted by Gasteiger charge is 2.19. The van der Waals surface area contributed by atoms with E-state index in [9.17, 15) is 8.42 Å². The molecule has 0 saturated heterocycles. The second-order valence-electron chi connectivity index (χ2n) is 4.90. The van der Waals surface area contributed by atoms with Gasteiger partial charge in [-0.15, -0.1) is 11.3 Å². The van der Waals surface area contributed by atoms with Crippen molar-refractivity contribution in [2.45, 2.75) is 43.9 Å². The Hall–Kier alpha value is -0.0800. The Morgan fingerprint density at radius 1 is 1.29 bits per heavy atom. The topological polar surface area (TPSA) is 58.2 Å². The van der Waals surface area contributed by atoms with Crippen LogP contribution >= 0.6 is 23.1 Å². The first kappa shape index (κ1) is 19.0. The molecule has 0 bridgehead atoms. The predicted octanol–water partition coefficient (Wildman–Crippen LogP) is 2.71. The number of rotatable bonds is 11. The largest absolute Gasteiger partial charge is 0.316 e. The summed E-state index contributed by atoms with van der Waals surface area (Å²) in [6, 6.07) is 3.58. The molecule has 0 aliphatic heterocycles. The van der Waals surface area contributed by atoms with Gasteiger partial charge in [-0.2, -0.15) is 11.8 Å². The lowest BCUT2D eigenvalue weighted by Gasteiger charge is -2.12. The fourth-order valence-electron chi connectivity index (χ4n) is 1.80. The van der Waals surface area contributed by atoms with E-state index in [1.54, 1.807) is 17.8 Å². The van der Waals surface area contributed by atoms with Crippen LogP contribution in [0.15, 0.2) is 16.3 Å². The van der Waals surface area contributed by atoms with Crippen molar-refractivity contribution in [3.8, 4) is 0 Å². The van der Waals surface area contributed by atoms with E-state index in [0.717, 1.165) is 42.3 Å². The highest BCUT2D eigenvalue weighted by atomic mass is 32.2. The van der Waals surface area contributed by atoms with Gasteiger partial charge in [-0.1, -0.05) is 13.8 Å². The molecule has 1 aromatic heterocycles. The molecule has 0 spiro atoms. The summed E-state index contributed by atoms with van der Waals surface area (Å²) in [6.07, 6.45) is 1.99. The van der Waals surface area contributed by atoms with Gasteiger partial charge in [0.2, 0.25) is 10.0 Å². The lowest BCUT2D eigenvalue weighted by atomic mass is 10.3. The molecule has 0 aromatic carbocycles. The molecular formula is C14H26N2O2S3. The molecule has 1 aromatic rings. The molecule has 0 aliphatic rings. The van der Waals surface area contributed by atoms with Crippen molar-refractivity contribution >= 4 is 33.1 Å². The van der Waals surface area contributed by atoms with Gasteiger partial charge in [-0.3, -0.25) is 0 Å². The number of thiophene rings is 1. The molecule has 0 amide bonds. The number of thioether (sulfide) groups is 1. The lowest BCUT2D eigenvalue weighted by Crippen LogP contribution is -2.33. The standard InChI is InChI=1S/C14H26N2O2S3/c1-4-9-15-10-8-13-6-7-14(20-13)21(17,18)16-12(3)11-19-5-2/h6-7,12,15-16H,4-5,8-11H2,1-3H3. The Bertz CT molecular complexity index is 500. The molecule has 0 radical (unpaired) electrons. The minimum absolute atomic E-state index is 0.0447. The highest BCUT2D eigenvalue weighted by molar-refractivity contribution is 7.99. The van der Waals surface area contributed by atoms with Crippen LogP contribution in [0.5, 0.6) is 0 Å². The molecular weight excluding hydrogens is 324 g/mol. The van der Waals surface area contributed by atoms with Gasteiger partial charge >= 0.3 is 0 Å². The molecule has 2 N–H and O–H groups in total. The lowest BCUT2D eigenvalue weighted by molar-refractivity contribution is 0.573. The zero-order valence-electron chi connectivity index (χ0n) is 13.0. The van der Waals surface area contributed by atoms with Crippen molar-refractivity contribution < 1.29 is 8.42 Å². The summed E-state index contributed by atoms with van der Waals surface area (Å²) in [5, 5.41) is 3.33. The first-order valence-corrected chi connectivity index (χ1v) is 10.8. The number of nitrogens with one attached hydrogen (secondary N) is 2. The Morgan fingerprint density at radius 3 is 2.71 bits per heavy atom. The van der Waals surface area contributed by atoms with E-state index in [4.69, 9.17) is 0 Å². The first-order chi connectivity index (χ1) is 9.99. The van der Waals surface area contributed by atoms with Gasteiger partial charge < -0.3 is 5.32 Å². The van der Waals surface area contributed by atoms with Crippen molar-refractivity contribution in [1.82, 2.24) is 10.0 Å². The van der Waals surface area contributed by atoms with Gasteiger partial charge in [-0.05, 0) is 50.7 Å². The Morgan fingerprint density at radius 2 is 2.05 bits per heavy atom. The van der Waals surface area contributed by atoms with Gasteiger partial charge in [0.05, 0.1) is 0 Å². The van der Waals surface area contributed by atoms with Crippen molar-refractivity contribution in [3.05, 3.63) is 17.0 Å². The van der Waals surface area contributed by atoms with E-state index in [1.165, 1.54) is 11.3 Å². The predicted molar refractivity (Wildman–Crippen MR) is 94.0 cm³/mol. The highest BCUT2D eigenvalue weighted by Crippen LogP contribution is 2.22. The molecule has 122 valence electrons. The summed E-state index contributed by atoms with van der Waals surface area (Å²) in [7, 11) is -3.37. The van der Waals surface area contributed by atoms with Crippen molar-refractivity contribution in [2.75, 3.05) is 24.6 Å². The van der Waals surface area contributed by atoms with Gasteiger partial charge in [0.25, 0.3) is 0 Å². The van der Waals surface area contributed by atoms with Gasteiger partial charge in [0, 0.05) is 16.7 Å². The Labute approximate surface area is 137 Å². The third-order valence-corrected chi connectivity index (χ3v) is 7.18. The van der Waals surface area contributed by atoms with Crippen LogP contribution in [0.25, 0.3) is 0 Å². The Kier molecular flexibility index (Phi) is 8.89. The number of sulfonamides is 1. The summed E-state index contributed by atoms with van der Waals surface area (Å²) < 4.78 is 27.7. The van der Waals surface area contributed by atoms with E-state index in [0.29, 0.717) is 4.21 Å². The molecule has 0 fully saturated rings. The van der Waals surface area contributed by atoms with E-state index in [1.807, 2.05) is 13.0 Å². The number of hydrogen-bond donors (Lipinski definition) is 2. The quantitative estimate of drug-likeness (QED) is 0.603. The fourth-order valence-corrected chi connectivity index (χ4v) is 5.20. The molecule has 4 nitrogen and oxygen atoms in total. The van der Waals surface area contributed by atoms with E-state index in [-0.39, 0.29) is 6.04 Å². The minimum Gasteiger partial charge on any atom is -0.316 e. The van der Waals surface area contributed by atoms with Crippen LogP contribution in [0.4, 0.5) is 0 Å². The second-order valence-corrected chi connectivity index (χ2v) is 9.33. The minimum atomic E-state index is -3.37. The maximum absolute atomic E-state index is 12.3. The first-order valence-electron chi connectivity index (χ1n) is 7.39. The van der Waals surface area contributed by atoms with Crippen LogP contribution < -0.4 is 10.0 Å². The van der Waals surface area contributed by atoms with Crippen LogP contribution in [-0.4, -0.2) is 39.1 Å². The summed E-state index contributed by atoms with van der Waals surface area (Å²) >= 11 is 3.11. The monoisotopic (exact) mass is 350 g/mol. The third-order valence-electron chi connectivity index (χ3n) is 2.81. The SMILES string of the molecule is CCCNCCc1ccc(S(=O)(=O)NC(C)CSCC)s1. The smallest absolute Gasteiger partial charge is 0.250 e. The van der Waals surface area contributed by atoms with Crippen molar-refractivity contribution in [1.29, 1.82) is 0 Å². The molecule has 0 saturated carbocycles. The third kappa shape index (κ3) is 7.15. The van der Waals surface area contributed by atoms with Crippen LogP contribution in [-0.2, 0) is 16.4 Å². The maximum Gasteiger partial charge on any atom is 0.250 e. The van der Waals surface area contributed by atoms with Crippen LogP contribution in [0.1, 0.15) is 32.1 Å². The van der Waals surface area contributed by atoms with Crippen LogP contribution in [0.3, 0.4) is 0 Å². The summed E-state index contributed by atoms with van der Waals surface area (Å²) in [4.78, 5) is 1.11. The summed E-state index contributed by atoms with van der Waals surface area (Å²) in [5.41, 5.74) is 0. The second kappa shape index (κ2) is 9.84. The fraction of sp³-hybridized carbons (Fsp3) is 0.714. The van der Waals surface area contributed by atoms with Gasteiger partial charge in [0.1, 0.15) is 4.21 Å².